The largest absolute Gasteiger partial charge is 0.379 e. The van der Waals surface area contributed by atoms with Gasteiger partial charge in [-0.1, -0.05) is 18.5 Å². The lowest BCUT2D eigenvalue weighted by atomic mass is 9.93. The van der Waals surface area contributed by atoms with Crippen molar-refractivity contribution in [3.63, 3.8) is 0 Å². The zero-order chi connectivity index (χ0) is 14.7. The van der Waals surface area contributed by atoms with Crippen LogP contribution in [0.3, 0.4) is 0 Å². The Labute approximate surface area is 131 Å². The summed E-state index contributed by atoms with van der Waals surface area (Å²) >= 11 is 8.97. The molecule has 2 unspecified atom stereocenters. The summed E-state index contributed by atoms with van der Waals surface area (Å²) in [6.07, 6.45) is 0.968. The zero-order valence-electron chi connectivity index (χ0n) is 11.1. The number of benzene rings is 1. The van der Waals surface area contributed by atoms with Crippen molar-refractivity contribution in [2.75, 3.05) is 19.8 Å². The van der Waals surface area contributed by atoms with Gasteiger partial charge in [0.15, 0.2) is 11.6 Å². The molecule has 1 aromatic rings. The number of rotatable bonds is 5. The fourth-order valence-electron chi connectivity index (χ4n) is 2.26. The minimum atomic E-state index is -0.674. The van der Waals surface area contributed by atoms with Crippen molar-refractivity contribution < 1.29 is 13.9 Å². The monoisotopic (exact) mass is 363 g/mol. The average molecular weight is 365 g/mol. The summed E-state index contributed by atoms with van der Waals surface area (Å²) in [7, 11) is 0. The van der Waals surface area contributed by atoms with E-state index in [1.807, 2.05) is 6.92 Å². The summed E-state index contributed by atoms with van der Waals surface area (Å²) in [5.74, 6) is -1.30. The molecule has 1 heterocycles. The molecule has 0 aromatic heterocycles. The molecule has 1 N–H and O–H groups in total. The van der Waals surface area contributed by atoms with E-state index >= 15 is 0 Å². The number of carbonyl (C=O) groups is 1. The Morgan fingerprint density at radius 2 is 2.30 bits per heavy atom. The fourth-order valence-corrected chi connectivity index (χ4v) is 2.73. The van der Waals surface area contributed by atoms with Gasteiger partial charge in [0.05, 0.1) is 29.7 Å². The van der Waals surface area contributed by atoms with E-state index in [0.29, 0.717) is 17.7 Å². The molecule has 1 aliphatic rings. The summed E-state index contributed by atoms with van der Waals surface area (Å²) in [5.41, 5.74) is 0.0250. The Hall–Kier alpha value is -0.490. The van der Waals surface area contributed by atoms with Crippen LogP contribution in [0.2, 0.25) is 5.02 Å². The highest BCUT2D eigenvalue weighted by Gasteiger charge is 2.35. The van der Waals surface area contributed by atoms with Crippen LogP contribution in [0.5, 0.6) is 0 Å². The first kappa shape index (κ1) is 15.9. The molecule has 1 aliphatic heterocycles. The van der Waals surface area contributed by atoms with Crippen molar-refractivity contribution in [2.24, 2.45) is 5.92 Å². The van der Waals surface area contributed by atoms with Gasteiger partial charge in [0.1, 0.15) is 0 Å². The Bertz CT molecular complexity index is 512. The standard InChI is InChI=1S/C14H16BrClFNO2/c1-2-5-18-11-7-20-6-9(11)14(19)8-3-4-10(15)12(16)13(8)17/h3-4,9,11,18H,2,5-7H2,1H3. The van der Waals surface area contributed by atoms with Gasteiger partial charge >= 0.3 is 0 Å². The van der Waals surface area contributed by atoms with Crippen molar-refractivity contribution in [2.45, 2.75) is 19.4 Å². The predicted molar refractivity (Wildman–Crippen MR) is 79.8 cm³/mol. The number of nitrogens with one attached hydrogen (secondary N) is 1. The molecular formula is C14H16BrClFNO2. The summed E-state index contributed by atoms with van der Waals surface area (Å²) in [4.78, 5) is 12.5. The number of hydrogen-bond acceptors (Lipinski definition) is 3. The van der Waals surface area contributed by atoms with Crippen molar-refractivity contribution in [1.82, 2.24) is 5.32 Å². The normalized spacial score (nSPS) is 22.2. The number of ketones is 1. The number of Topliss-reactive ketones (excluding diaryl/α,β-unsaturated/α-hetero) is 1. The Kier molecular flexibility index (Phi) is 5.55. The zero-order valence-corrected chi connectivity index (χ0v) is 13.4. The van der Waals surface area contributed by atoms with Crippen LogP contribution >= 0.6 is 27.5 Å². The van der Waals surface area contributed by atoms with Gasteiger partial charge in [-0.25, -0.2) is 4.39 Å². The first-order chi connectivity index (χ1) is 9.56. The third kappa shape index (κ3) is 3.22. The second kappa shape index (κ2) is 6.98. The third-order valence-electron chi connectivity index (χ3n) is 3.37. The van der Waals surface area contributed by atoms with E-state index < -0.39 is 5.82 Å². The number of ether oxygens (including phenoxy) is 1. The minimum absolute atomic E-state index is 0.0250. The van der Waals surface area contributed by atoms with Crippen LogP contribution in [0.15, 0.2) is 16.6 Å². The smallest absolute Gasteiger partial charge is 0.172 e. The highest BCUT2D eigenvalue weighted by Crippen LogP contribution is 2.30. The highest BCUT2D eigenvalue weighted by molar-refractivity contribution is 9.10. The van der Waals surface area contributed by atoms with Crippen molar-refractivity contribution in [1.29, 1.82) is 0 Å². The van der Waals surface area contributed by atoms with E-state index in [9.17, 15) is 9.18 Å². The van der Waals surface area contributed by atoms with E-state index in [2.05, 4.69) is 21.2 Å². The van der Waals surface area contributed by atoms with Crippen LogP contribution in [0.1, 0.15) is 23.7 Å². The number of carbonyl (C=O) groups excluding carboxylic acids is 1. The van der Waals surface area contributed by atoms with Crippen LogP contribution in [0, 0.1) is 11.7 Å². The van der Waals surface area contributed by atoms with Gasteiger partial charge in [-0.15, -0.1) is 0 Å². The summed E-state index contributed by atoms with van der Waals surface area (Å²) in [6.45, 7) is 3.64. The van der Waals surface area contributed by atoms with Gasteiger partial charge in [0.25, 0.3) is 0 Å². The van der Waals surface area contributed by atoms with Gasteiger partial charge in [-0.05, 0) is 41.0 Å². The molecule has 0 aliphatic carbocycles. The maximum absolute atomic E-state index is 14.1. The van der Waals surface area contributed by atoms with Crippen molar-refractivity contribution >= 4 is 33.3 Å². The predicted octanol–water partition coefficient (Wildman–Crippen LogP) is 3.44. The minimum Gasteiger partial charge on any atom is -0.379 e. The fraction of sp³-hybridized carbons (Fsp3) is 0.500. The molecular weight excluding hydrogens is 349 g/mol. The van der Waals surface area contributed by atoms with E-state index in [0.717, 1.165) is 13.0 Å². The second-order valence-electron chi connectivity index (χ2n) is 4.79. The Balaban J connectivity index is 2.20. The van der Waals surface area contributed by atoms with E-state index in [1.165, 1.54) is 6.07 Å². The summed E-state index contributed by atoms with van der Waals surface area (Å²) < 4.78 is 19.9. The summed E-state index contributed by atoms with van der Waals surface area (Å²) in [6, 6.07) is 2.98. The van der Waals surface area contributed by atoms with E-state index in [-0.39, 0.29) is 28.3 Å². The second-order valence-corrected chi connectivity index (χ2v) is 6.02. The van der Waals surface area contributed by atoms with Crippen LogP contribution in [-0.2, 0) is 4.74 Å². The molecule has 2 rings (SSSR count). The molecule has 0 spiro atoms. The van der Waals surface area contributed by atoms with Crippen LogP contribution in [0.4, 0.5) is 4.39 Å². The molecule has 1 fully saturated rings. The van der Waals surface area contributed by atoms with E-state index in [1.54, 1.807) is 6.07 Å². The van der Waals surface area contributed by atoms with Gasteiger partial charge in [-0.3, -0.25) is 4.79 Å². The van der Waals surface area contributed by atoms with Gasteiger partial charge in [-0.2, -0.15) is 0 Å². The number of halogens is 3. The molecule has 20 heavy (non-hydrogen) atoms. The molecule has 2 atom stereocenters. The number of hydrogen-bond donors (Lipinski definition) is 1. The first-order valence-corrected chi connectivity index (χ1v) is 7.72. The van der Waals surface area contributed by atoms with Crippen molar-refractivity contribution in [3.8, 4) is 0 Å². The quantitative estimate of drug-likeness (QED) is 0.642. The lowest BCUT2D eigenvalue weighted by molar-refractivity contribution is 0.0887. The molecule has 0 amide bonds. The van der Waals surface area contributed by atoms with Crippen LogP contribution in [-0.4, -0.2) is 31.6 Å². The molecule has 1 saturated heterocycles. The molecule has 6 heteroatoms. The Morgan fingerprint density at radius 1 is 1.55 bits per heavy atom. The molecule has 3 nitrogen and oxygen atoms in total. The first-order valence-electron chi connectivity index (χ1n) is 6.55. The lowest BCUT2D eigenvalue weighted by Crippen LogP contribution is -2.39. The van der Waals surface area contributed by atoms with Crippen molar-refractivity contribution in [3.05, 3.63) is 33.0 Å². The molecule has 0 radical (unpaired) electrons. The molecule has 0 bridgehead atoms. The Morgan fingerprint density at radius 3 is 3.00 bits per heavy atom. The molecule has 0 saturated carbocycles. The van der Waals surface area contributed by atoms with Gasteiger partial charge in [0.2, 0.25) is 0 Å². The molecule has 1 aromatic carbocycles. The maximum Gasteiger partial charge on any atom is 0.172 e. The highest BCUT2D eigenvalue weighted by atomic mass is 79.9. The van der Waals surface area contributed by atoms with Gasteiger partial charge in [0, 0.05) is 10.5 Å². The topological polar surface area (TPSA) is 38.3 Å². The lowest BCUT2D eigenvalue weighted by Gasteiger charge is -2.18. The van der Waals surface area contributed by atoms with Gasteiger partial charge < -0.3 is 10.1 Å². The van der Waals surface area contributed by atoms with E-state index in [4.69, 9.17) is 16.3 Å². The SMILES string of the molecule is CCCNC1COCC1C(=O)c1ccc(Br)c(Cl)c1F. The van der Waals surface area contributed by atoms with Crippen LogP contribution < -0.4 is 5.32 Å². The summed E-state index contributed by atoms with van der Waals surface area (Å²) in [5, 5.41) is 3.20. The maximum atomic E-state index is 14.1. The average Bonchev–Trinajstić information content (AvgIpc) is 2.90. The molecule has 110 valence electrons. The van der Waals surface area contributed by atoms with Crippen LogP contribution in [0.25, 0.3) is 0 Å². The third-order valence-corrected chi connectivity index (χ3v) is 4.63.